The number of benzene rings is 2. The van der Waals surface area contributed by atoms with Gasteiger partial charge in [-0.2, -0.15) is 0 Å². The number of ether oxygens (including phenoxy) is 1. The highest BCUT2D eigenvalue weighted by Gasteiger charge is 2.19. The zero-order valence-electron chi connectivity index (χ0n) is 12.4. The normalized spacial score (nSPS) is 10.3. The van der Waals surface area contributed by atoms with Gasteiger partial charge in [0.1, 0.15) is 5.75 Å². The first-order valence-electron chi connectivity index (χ1n) is 6.79. The molecule has 2 aromatic rings. The molecule has 2 rings (SSSR count). The maximum absolute atomic E-state index is 12.8. The fourth-order valence-corrected chi connectivity index (χ4v) is 2.50. The largest absolute Gasteiger partial charge is 0.496 e. The summed E-state index contributed by atoms with van der Waals surface area (Å²) in [4.78, 5) is 14.5. The lowest BCUT2D eigenvalue weighted by Crippen LogP contribution is -2.30. The Labute approximate surface area is 133 Å². The van der Waals surface area contributed by atoms with Crippen LogP contribution in [0.15, 0.2) is 46.9 Å². The van der Waals surface area contributed by atoms with E-state index < -0.39 is 0 Å². The highest BCUT2D eigenvalue weighted by Crippen LogP contribution is 2.26. The molecule has 21 heavy (non-hydrogen) atoms. The van der Waals surface area contributed by atoms with Gasteiger partial charge >= 0.3 is 0 Å². The summed E-state index contributed by atoms with van der Waals surface area (Å²) >= 11 is 3.39. The highest BCUT2D eigenvalue weighted by molar-refractivity contribution is 9.10. The predicted octanol–water partition coefficient (Wildman–Crippen LogP) is 4.43. The number of hydrogen-bond acceptors (Lipinski definition) is 2. The van der Waals surface area contributed by atoms with Gasteiger partial charge < -0.3 is 9.64 Å². The topological polar surface area (TPSA) is 29.5 Å². The molecule has 0 aliphatic carbocycles. The molecular formula is C17H18BrNO2. The summed E-state index contributed by atoms with van der Waals surface area (Å²) in [5.74, 6) is 0.505. The van der Waals surface area contributed by atoms with Crippen molar-refractivity contribution in [3.8, 4) is 5.75 Å². The number of carbonyl (C=O) groups excluding carboxylic acids is 1. The van der Waals surface area contributed by atoms with Crippen LogP contribution in [0, 0.1) is 6.92 Å². The van der Waals surface area contributed by atoms with Crippen molar-refractivity contribution in [1.82, 2.24) is 0 Å². The van der Waals surface area contributed by atoms with Crippen LogP contribution in [0.1, 0.15) is 22.8 Å². The van der Waals surface area contributed by atoms with Crippen molar-refractivity contribution in [2.75, 3.05) is 18.6 Å². The Balaban J connectivity index is 2.39. The summed E-state index contributed by atoms with van der Waals surface area (Å²) in [5.41, 5.74) is 2.62. The number of anilines is 1. The van der Waals surface area contributed by atoms with Gasteiger partial charge in [0.25, 0.3) is 5.91 Å². The number of aryl methyl sites for hydroxylation is 1. The number of nitrogens with zero attached hydrogens (tertiary/aromatic N) is 1. The summed E-state index contributed by atoms with van der Waals surface area (Å²) in [6, 6.07) is 13.4. The summed E-state index contributed by atoms with van der Waals surface area (Å²) in [6.45, 7) is 4.59. The van der Waals surface area contributed by atoms with Crippen molar-refractivity contribution in [1.29, 1.82) is 0 Å². The molecule has 4 heteroatoms. The van der Waals surface area contributed by atoms with Gasteiger partial charge in [0, 0.05) is 16.7 Å². The van der Waals surface area contributed by atoms with Gasteiger partial charge in [0.15, 0.2) is 0 Å². The molecule has 110 valence electrons. The van der Waals surface area contributed by atoms with E-state index in [2.05, 4.69) is 15.9 Å². The highest BCUT2D eigenvalue weighted by atomic mass is 79.9. The predicted molar refractivity (Wildman–Crippen MR) is 89.2 cm³/mol. The third-order valence-corrected chi connectivity index (χ3v) is 3.79. The molecule has 0 N–H and O–H groups in total. The fourth-order valence-electron chi connectivity index (χ4n) is 2.16. The lowest BCUT2D eigenvalue weighted by Gasteiger charge is -2.22. The van der Waals surface area contributed by atoms with Gasteiger partial charge in [0.05, 0.1) is 12.7 Å². The maximum Gasteiger partial charge on any atom is 0.262 e. The van der Waals surface area contributed by atoms with E-state index in [0.717, 1.165) is 10.2 Å². The molecule has 0 saturated carbocycles. The Morgan fingerprint density at radius 1 is 1.19 bits per heavy atom. The van der Waals surface area contributed by atoms with E-state index in [9.17, 15) is 4.79 Å². The van der Waals surface area contributed by atoms with E-state index in [1.54, 1.807) is 24.1 Å². The Morgan fingerprint density at radius 3 is 2.43 bits per heavy atom. The van der Waals surface area contributed by atoms with Crippen LogP contribution < -0.4 is 9.64 Å². The molecule has 0 aliphatic rings. The van der Waals surface area contributed by atoms with E-state index in [1.165, 1.54) is 5.56 Å². The molecule has 0 fully saturated rings. The smallest absolute Gasteiger partial charge is 0.262 e. The standard InChI is InChI=1S/C17H18BrNO2/c1-4-19(14-8-5-12(2)6-9-14)17(20)15-10-7-13(18)11-16(15)21-3/h5-11H,4H2,1-3H3. The molecule has 0 bridgehead atoms. The SMILES string of the molecule is CCN(C(=O)c1ccc(Br)cc1OC)c1ccc(C)cc1. The van der Waals surface area contributed by atoms with Crippen LogP contribution in [0.5, 0.6) is 5.75 Å². The number of methoxy groups -OCH3 is 1. The Morgan fingerprint density at radius 2 is 1.86 bits per heavy atom. The van der Waals surface area contributed by atoms with Crippen LogP contribution in [-0.2, 0) is 0 Å². The lowest BCUT2D eigenvalue weighted by atomic mass is 10.1. The van der Waals surface area contributed by atoms with Crippen molar-refractivity contribution in [3.05, 3.63) is 58.1 Å². The summed E-state index contributed by atoms with van der Waals surface area (Å²) in [6.07, 6.45) is 0. The van der Waals surface area contributed by atoms with Crippen LogP contribution in [0.3, 0.4) is 0 Å². The van der Waals surface area contributed by atoms with Crippen molar-refractivity contribution in [2.24, 2.45) is 0 Å². The average molecular weight is 348 g/mol. The van der Waals surface area contributed by atoms with Gasteiger partial charge in [0.2, 0.25) is 0 Å². The van der Waals surface area contributed by atoms with Gasteiger partial charge in [-0.1, -0.05) is 33.6 Å². The molecule has 0 saturated heterocycles. The Hall–Kier alpha value is -1.81. The molecule has 2 aromatic carbocycles. The Kier molecular flexibility index (Phi) is 5.02. The first-order chi connectivity index (χ1) is 10.1. The minimum Gasteiger partial charge on any atom is -0.496 e. The van der Waals surface area contributed by atoms with Gasteiger partial charge in [-0.05, 0) is 44.2 Å². The van der Waals surface area contributed by atoms with Crippen LogP contribution in [0.2, 0.25) is 0 Å². The van der Waals surface area contributed by atoms with E-state index in [-0.39, 0.29) is 5.91 Å². The molecule has 3 nitrogen and oxygen atoms in total. The fraction of sp³-hybridized carbons (Fsp3) is 0.235. The number of carbonyl (C=O) groups is 1. The van der Waals surface area contributed by atoms with Crippen molar-refractivity contribution < 1.29 is 9.53 Å². The molecular weight excluding hydrogens is 330 g/mol. The Bertz CT molecular complexity index is 638. The minimum atomic E-state index is -0.0642. The second kappa shape index (κ2) is 6.76. The summed E-state index contributed by atoms with van der Waals surface area (Å²) in [7, 11) is 1.57. The molecule has 0 heterocycles. The first kappa shape index (κ1) is 15.6. The second-order valence-electron chi connectivity index (χ2n) is 4.73. The summed E-state index contributed by atoms with van der Waals surface area (Å²) in [5, 5.41) is 0. The molecule has 0 aliphatic heterocycles. The molecule has 0 aromatic heterocycles. The van der Waals surface area contributed by atoms with Crippen LogP contribution in [-0.4, -0.2) is 19.6 Å². The van der Waals surface area contributed by atoms with Crippen molar-refractivity contribution >= 4 is 27.5 Å². The van der Waals surface area contributed by atoms with Gasteiger partial charge in [-0.15, -0.1) is 0 Å². The van der Waals surface area contributed by atoms with E-state index >= 15 is 0 Å². The van der Waals surface area contributed by atoms with Gasteiger partial charge in [-0.25, -0.2) is 0 Å². The quantitative estimate of drug-likeness (QED) is 0.818. The molecule has 1 amide bonds. The zero-order chi connectivity index (χ0) is 15.4. The van der Waals surface area contributed by atoms with Crippen molar-refractivity contribution in [3.63, 3.8) is 0 Å². The van der Waals surface area contributed by atoms with E-state index in [4.69, 9.17) is 4.74 Å². The zero-order valence-corrected chi connectivity index (χ0v) is 14.0. The average Bonchev–Trinajstić information content (AvgIpc) is 2.49. The maximum atomic E-state index is 12.8. The van der Waals surface area contributed by atoms with E-state index in [1.807, 2.05) is 44.2 Å². The van der Waals surface area contributed by atoms with Crippen LogP contribution in [0.25, 0.3) is 0 Å². The first-order valence-corrected chi connectivity index (χ1v) is 7.58. The molecule has 0 atom stereocenters. The van der Waals surface area contributed by atoms with E-state index in [0.29, 0.717) is 17.9 Å². The number of hydrogen-bond donors (Lipinski definition) is 0. The van der Waals surface area contributed by atoms with Crippen LogP contribution >= 0.6 is 15.9 Å². The van der Waals surface area contributed by atoms with Crippen molar-refractivity contribution in [2.45, 2.75) is 13.8 Å². The number of halogens is 1. The third kappa shape index (κ3) is 3.45. The second-order valence-corrected chi connectivity index (χ2v) is 5.65. The number of rotatable bonds is 4. The lowest BCUT2D eigenvalue weighted by molar-refractivity contribution is 0.0985. The monoisotopic (exact) mass is 347 g/mol. The molecule has 0 unspecified atom stereocenters. The molecule has 0 radical (unpaired) electrons. The molecule has 0 spiro atoms. The summed E-state index contributed by atoms with van der Waals surface area (Å²) < 4.78 is 6.20. The minimum absolute atomic E-state index is 0.0642. The van der Waals surface area contributed by atoms with Gasteiger partial charge in [-0.3, -0.25) is 4.79 Å². The number of amides is 1. The van der Waals surface area contributed by atoms with Crippen LogP contribution in [0.4, 0.5) is 5.69 Å². The third-order valence-electron chi connectivity index (χ3n) is 3.30.